The second-order valence-corrected chi connectivity index (χ2v) is 28.7. The number of rotatable bonds is 51. The molecule has 1 fully saturated rings. The van der Waals surface area contributed by atoms with Crippen LogP contribution in [0.5, 0.6) is 5.75 Å². The van der Waals surface area contributed by atoms with Crippen LogP contribution in [0.15, 0.2) is 89.9 Å². The number of likely N-dealkylation sites (tertiary alicyclic amines) is 1. The topological polar surface area (TPSA) is 612 Å². The summed E-state index contributed by atoms with van der Waals surface area (Å²) < 4.78 is 0. The minimum Gasteiger partial charge on any atom is -0.508 e. The van der Waals surface area contributed by atoms with E-state index < -0.39 is 181 Å². The third-order valence-corrected chi connectivity index (χ3v) is 18.7. The summed E-state index contributed by atoms with van der Waals surface area (Å²) in [7, 11) is 0. The molecule has 111 heavy (non-hydrogen) atoms. The van der Waals surface area contributed by atoms with Gasteiger partial charge in [-0.25, -0.2) is 4.79 Å². The molecular weight excluding hydrogens is 1460 g/mol. The van der Waals surface area contributed by atoms with E-state index >= 15 is 4.79 Å². The van der Waals surface area contributed by atoms with Gasteiger partial charge in [-0.2, -0.15) is 11.8 Å². The number of primary amides is 1. The van der Waals surface area contributed by atoms with Crippen LogP contribution in [0, 0.1) is 5.92 Å². The zero-order valence-electron chi connectivity index (χ0n) is 63.2. The first kappa shape index (κ1) is 92.9. The number of unbranched alkanes of at least 4 members (excludes halogenated alkanes) is 2. The van der Waals surface area contributed by atoms with Crippen molar-refractivity contribution in [3.05, 3.63) is 102 Å². The van der Waals surface area contributed by atoms with Crippen LogP contribution in [0.4, 0.5) is 0 Å². The Bertz CT molecular complexity index is 3600. The van der Waals surface area contributed by atoms with E-state index in [0.29, 0.717) is 41.7 Å². The number of nitrogens with one attached hydrogen (secondary N) is 10. The average Bonchev–Trinajstić information content (AvgIpc) is 1.75. The third kappa shape index (κ3) is 33.7. The highest BCUT2D eigenvalue weighted by molar-refractivity contribution is 7.98. The molecule has 1 aliphatic rings. The maximum absolute atomic E-state index is 15.0. The fourth-order valence-electron chi connectivity index (χ4n) is 12.1. The first-order valence-electron chi connectivity index (χ1n) is 37.1. The molecular formula is C74H112N18O18S. The highest BCUT2D eigenvalue weighted by Gasteiger charge is 2.41. The average molecular weight is 1570 g/mol. The van der Waals surface area contributed by atoms with Gasteiger partial charge in [0.05, 0.1) is 18.6 Å². The molecule has 12 amide bonds. The zero-order chi connectivity index (χ0) is 82.3. The Morgan fingerprint density at radius 1 is 0.505 bits per heavy atom. The maximum Gasteiger partial charge on any atom is 0.326 e. The van der Waals surface area contributed by atoms with Gasteiger partial charge < -0.3 is 113 Å². The van der Waals surface area contributed by atoms with E-state index in [-0.39, 0.29) is 121 Å². The smallest absolute Gasteiger partial charge is 0.326 e. The summed E-state index contributed by atoms with van der Waals surface area (Å²) in [6.45, 7) is 5.04. The lowest BCUT2D eigenvalue weighted by Gasteiger charge is -2.30. The Hall–Kier alpha value is -10.5. The molecule has 37 heteroatoms. The standard InChI is InChI=1S/C74H112N18O18S/c1-42(2)37-53(89-71(107)61(43(3)93)91-62(98)48(77)31-36-111-4)67(103)83-49(21-11-13-32-75)63(99)82-50(22-12-14-33-76)65(101)88-56(41-59(78)95)70(106)84-51(23-15-34-81-74(79)80)64(100)85-52(29-30-60(96)97)66(102)86-55(39-46-25-27-47(94)28-26-46)68(104)87-54(38-44-17-7-5-8-18-44)69(105)90-57(40-45-19-9-6-10-20-45)72(108)92-35-16-24-58(92)73(109)110/h5-10,17-20,25-28,42-43,48-58,61,93-94H,11-16,21-24,29-41,75-77H2,1-4H3,(H2,78,95)(H,82,99)(H,83,103)(H,84,106)(H,85,100)(H,86,102)(H,87,104)(H,88,101)(H,89,107)(H,90,105)(H,91,98)(H,96,97)(H,109,110)(H4,79,80,81)/t43-,48+,49+,50+,51+,52+,53+,54+,55+,56+,57+,58+,61+/m1/s1. The van der Waals surface area contributed by atoms with Crippen LogP contribution in [0.2, 0.25) is 0 Å². The van der Waals surface area contributed by atoms with Gasteiger partial charge in [0.1, 0.15) is 72.2 Å². The number of amides is 12. The molecule has 1 heterocycles. The Labute approximate surface area is 649 Å². The fraction of sp³-hybridized carbons (Fsp3) is 0.554. The van der Waals surface area contributed by atoms with Crippen molar-refractivity contribution in [2.75, 3.05) is 38.2 Å². The van der Waals surface area contributed by atoms with Gasteiger partial charge in [-0.3, -0.25) is 67.3 Å². The van der Waals surface area contributed by atoms with E-state index in [1.807, 2.05) is 6.26 Å². The molecule has 612 valence electrons. The zero-order valence-corrected chi connectivity index (χ0v) is 64.0. The van der Waals surface area contributed by atoms with Gasteiger partial charge in [-0.15, -0.1) is 0 Å². The van der Waals surface area contributed by atoms with Gasteiger partial charge in [0, 0.05) is 38.8 Å². The molecule has 1 saturated heterocycles. The highest BCUT2D eigenvalue weighted by atomic mass is 32.2. The molecule has 0 spiro atoms. The Morgan fingerprint density at radius 2 is 0.919 bits per heavy atom. The summed E-state index contributed by atoms with van der Waals surface area (Å²) in [4.78, 5) is 201. The molecule has 36 nitrogen and oxygen atoms in total. The summed E-state index contributed by atoms with van der Waals surface area (Å²) in [5.74, 6) is -14.7. The van der Waals surface area contributed by atoms with Crippen molar-refractivity contribution in [1.82, 2.24) is 58.1 Å². The molecule has 13 atom stereocenters. The van der Waals surface area contributed by atoms with Crippen molar-refractivity contribution in [2.24, 2.45) is 45.3 Å². The van der Waals surface area contributed by atoms with Gasteiger partial charge >= 0.3 is 11.9 Å². The van der Waals surface area contributed by atoms with E-state index in [9.17, 15) is 82.8 Å². The van der Waals surface area contributed by atoms with Gasteiger partial charge in [0.2, 0.25) is 70.9 Å². The molecule has 4 rings (SSSR count). The lowest BCUT2D eigenvalue weighted by atomic mass is 10.00. The van der Waals surface area contributed by atoms with Crippen molar-refractivity contribution in [3.63, 3.8) is 0 Å². The van der Waals surface area contributed by atoms with Crippen LogP contribution in [-0.2, 0) is 86.4 Å². The van der Waals surface area contributed by atoms with E-state index in [1.165, 1.54) is 47.9 Å². The number of carbonyl (C=O) groups is 14. The summed E-state index contributed by atoms with van der Waals surface area (Å²) >= 11 is 1.45. The Balaban J connectivity index is 1.69. The number of carboxylic acid groups (broad SMARTS) is 2. The maximum atomic E-state index is 15.0. The van der Waals surface area contributed by atoms with Crippen LogP contribution < -0.4 is 87.6 Å². The highest BCUT2D eigenvalue weighted by Crippen LogP contribution is 2.21. The van der Waals surface area contributed by atoms with Crippen molar-refractivity contribution < 1.29 is 87.5 Å². The number of hydrogen-bond donors (Lipinski definition) is 20. The number of aliphatic hydroxyl groups excluding tert-OH is 1. The van der Waals surface area contributed by atoms with Gasteiger partial charge in [-0.05, 0) is 150 Å². The predicted octanol–water partition coefficient (Wildman–Crippen LogP) is -3.10. The molecule has 0 bridgehead atoms. The molecule has 0 saturated carbocycles. The van der Waals surface area contributed by atoms with Crippen molar-refractivity contribution in [1.29, 1.82) is 0 Å². The lowest BCUT2D eigenvalue weighted by Crippen LogP contribution is -2.61. The normalized spacial score (nSPS) is 15.8. The number of guanidine groups is 1. The van der Waals surface area contributed by atoms with Crippen LogP contribution in [0.1, 0.15) is 134 Å². The van der Waals surface area contributed by atoms with Crippen LogP contribution in [0.3, 0.4) is 0 Å². The van der Waals surface area contributed by atoms with Crippen LogP contribution in [-0.4, -0.2) is 231 Å². The minimum absolute atomic E-state index is 0.00529. The van der Waals surface area contributed by atoms with E-state index in [1.54, 1.807) is 74.5 Å². The van der Waals surface area contributed by atoms with E-state index in [0.717, 1.165) is 0 Å². The van der Waals surface area contributed by atoms with Gasteiger partial charge in [0.15, 0.2) is 5.96 Å². The fourth-order valence-corrected chi connectivity index (χ4v) is 12.6. The first-order valence-corrected chi connectivity index (χ1v) is 38.5. The third-order valence-electron chi connectivity index (χ3n) is 18.1. The van der Waals surface area contributed by atoms with E-state index in [4.69, 9.17) is 34.4 Å². The monoisotopic (exact) mass is 1570 g/mol. The minimum atomic E-state index is -1.92. The number of benzene rings is 3. The molecule has 0 aliphatic carbocycles. The molecule has 0 unspecified atom stereocenters. The summed E-state index contributed by atoms with van der Waals surface area (Å²) in [5, 5.41) is 66.6. The van der Waals surface area contributed by atoms with Crippen molar-refractivity contribution >= 4 is 101 Å². The van der Waals surface area contributed by atoms with Crippen molar-refractivity contribution in [2.45, 2.75) is 215 Å². The number of carbonyl (C=O) groups excluding carboxylic acids is 12. The molecule has 3 aromatic carbocycles. The second-order valence-electron chi connectivity index (χ2n) is 27.7. The van der Waals surface area contributed by atoms with Crippen LogP contribution >= 0.6 is 11.8 Å². The van der Waals surface area contributed by atoms with Crippen LogP contribution in [0.25, 0.3) is 0 Å². The summed E-state index contributed by atoms with van der Waals surface area (Å²) in [6, 6.07) is 4.38. The second kappa shape index (κ2) is 48.9. The Morgan fingerprint density at radius 3 is 1.36 bits per heavy atom. The molecule has 26 N–H and O–H groups in total. The molecule has 1 aliphatic heterocycles. The number of hydrogen-bond acceptors (Lipinski definition) is 21. The number of aliphatic carboxylic acids is 2. The quantitative estimate of drug-likeness (QED) is 0.0151. The number of thioether (sulfide) groups is 1. The largest absolute Gasteiger partial charge is 0.508 e. The Kier molecular flexibility index (Phi) is 40.9. The number of carboxylic acids is 2. The molecule has 3 aromatic rings. The number of phenolic OH excluding ortho intramolecular Hbond substituents is 1. The number of aromatic hydroxyl groups is 1. The number of nitrogens with two attached hydrogens (primary N) is 6. The summed E-state index contributed by atoms with van der Waals surface area (Å²) in [6.07, 6.45) is -1.31. The SMILES string of the molecule is CSCC[C@H](N)C(=O)N[C@H](C(=O)N[C@@H](CC(C)C)C(=O)N[C@@H](CCCCN)C(=O)N[C@@H](CCCCN)C(=O)N[C@@H](CC(N)=O)C(=O)N[C@@H](CCCN=C(N)N)C(=O)N[C@@H](CCC(=O)O)C(=O)N[C@@H](Cc1ccc(O)cc1)C(=O)N[C@@H](Cc1ccccc1)C(=O)N[C@@H](Cc1ccccc1)C(=O)N1CCC[C@H]1C(=O)O)[C@@H](C)O. The molecule has 0 aromatic heterocycles. The summed E-state index contributed by atoms with van der Waals surface area (Å²) in [5.41, 5.74) is 36.0. The van der Waals surface area contributed by atoms with Crippen molar-refractivity contribution in [3.8, 4) is 5.75 Å². The predicted molar refractivity (Wildman–Crippen MR) is 412 cm³/mol. The van der Waals surface area contributed by atoms with Gasteiger partial charge in [0.25, 0.3) is 0 Å². The van der Waals surface area contributed by atoms with E-state index in [2.05, 4.69) is 58.2 Å². The number of aliphatic imine (C=N–C) groups is 1. The van der Waals surface area contributed by atoms with Gasteiger partial charge in [-0.1, -0.05) is 86.6 Å². The first-order chi connectivity index (χ1) is 52.7. The number of aliphatic hydroxyl groups is 1. The molecule has 0 radical (unpaired) electrons. The lowest BCUT2D eigenvalue weighted by molar-refractivity contribution is -0.149. The number of phenols is 1. The number of nitrogens with zero attached hydrogens (tertiary/aromatic N) is 2.